The number of nitrogens with zero attached hydrogens (tertiary/aromatic N) is 3. The molecule has 1 N–H and O–H groups in total. The van der Waals surface area contributed by atoms with Gasteiger partial charge in [0.2, 0.25) is 0 Å². The number of rotatable bonds is 3. The molecule has 0 fully saturated rings. The van der Waals surface area contributed by atoms with Gasteiger partial charge in [-0.05, 0) is 6.42 Å². The Morgan fingerprint density at radius 1 is 1.92 bits per heavy atom. The quantitative estimate of drug-likeness (QED) is 0.766. The van der Waals surface area contributed by atoms with Crippen LogP contribution in [-0.2, 0) is 0 Å². The van der Waals surface area contributed by atoms with E-state index >= 15 is 0 Å². The lowest BCUT2D eigenvalue weighted by Crippen LogP contribution is -2.33. The van der Waals surface area contributed by atoms with Crippen LogP contribution in [0, 0.1) is 11.3 Å². The molecule has 0 aromatic carbocycles. The van der Waals surface area contributed by atoms with Gasteiger partial charge in [-0.1, -0.05) is 6.92 Å². The van der Waals surface area contributed by atoms with Crippen molar-refractivity contribution in [1.82, 2.24) is 14.1 Å². The Morgan fingerprint density at radius 3 is 3.15 bits per heavy atom. The van der Waals surface area contributed by atoms with E-state index in [1.54, 1.807) is 0 Å². The topological polar surface area (TPSA) is 78.7 Å². The molecule has 1 atom stereocenters. The third-order valence-electron chi connectivity index (χ3n) is 1.46. The highest BCUT2D eigenvalue weighted by molar-refractivity contribution is 6.99. The zero-order valence-electron chi connectivity index (χ0n) is 7.02. The molecule has 1 amide bonds. The van der Waals surface area contributed by atoms with Crippen molar-refractivity contribution in [2.24, 2.45) is 0 Å². The molecule has 1 unspecified atom stereocenters. The molecule has 68 valence electrons. The van der Waals surface area contributed by atoms with Crippen LogP contribution < -0.4 is 5.32 Å². The Balaban J connectivity index is 2.57. The van der Waals surface area contributed by atoms with Crippen LogP contribution in [0.15, 0.2) is 6.20 Å². The predicted molar refractivity (Wildman–Crippen MR) is 47.1 cm³/mol. The van der Waals surface area contributed by atoms with Crippen LogP contribution in [0.3, 0.4) is 0 Å². The molecule has 0 aliphatic heterocycles. The summed E-state index contributed by atoms with van der Waals surface area (Å²) < 4.78 is 7.44. The van der Waals surface area contributed by atoms with Crippen molar-refractivity contribution in [3.63, 3.8) is 0 Å². The summed E-state index contributed by atoms with van der Waals surface area (Å²) in [4.78, 5) is 11.3. The van der Waals surface area contributed by atoms with Crippen LogP contribution in [0.25, 0.3) is 0 Å². The molecule has 0 aliphatic carbocycles. The SMILES string of the molecule is CCC(C#N)NC(=O)c1cnsn1. The largest absolute Gasteiger partial charge is 0.335 e. The van der Waals surface area contributed by atoms with E-state index < -0.39 is 6.04 Å². The van der Waals surface area contributed by atoms with Gasteiger partial charge in [0.05, 0.1) is 24.0 Å². The first-order valence-corrected chi connectivity index (χ1v) is 4.49. The van der Waals surface area contributed by atoms with Crippen molar-refractivity contribution < 1.29 is 4.79 Å². The molecular weight excluding hydrogens is 188 g/mol. The highest BCUT2D eigenvalue weighted by Gasteiger charge is 2.12. The fourth-order valence-corrected chi connectivity index (χ4v) is 1.13. The van der Waals surface area contributed by atoms with E-state index in [2.05, 4.69) is 14.1 Å². The molecular formula is C7H8N4OS. The Hall–Kier alpha value is -1.48. The zero-order chi connectivity index (χ0) is 9.68. The van der Waals surface area contributed by atoms with Gasteiger partial charge in [0.1, 0.15) is 6.04 Å². The van der Waals surface area contributed by atoms with Crippen LogP contribution in [0.1, 0.15) is 23.8 Å². The monoisotopic (exact) mass is 196 g/mol. The Kier molecular flexibility index (Phi) is 3.34. The number of nitriles is 1. The van der Waals surface area contributed by atoms with Gasteiger partial charge in [0.15, 0.2) is 5.69 Å². The summed E-state index contributed by atoms with van der Waals surface area (Å²) in [5.41, 5.74) is 0.263. The number of carbonyl (C=O) groups is 1. The second-order valence-electron chi connectivity index (χ2n) is 2.36. The minimum atomic E-state index is -0.450. The molecule has 0 spiro atoms. The van der Waals surface area contributed by atoms with Crippen LogP contribution in [0.2, 0.25) is 0 Å². The van der Waals surface area contributed by atoms with Crippen molar-refractivity contribution in [1.29, 1.82) is 5.26 Å². The lowest BCUT2D eigenvalue weighted by molar-refractivity contribution is 0.0940. The average molecular weight is 196 g/mol. The van der Waals surface area contributed by atoms with E-state index in [1.165, 1.54) is 6.20 Å². The average Bonchev–Trinajstić information content (AvgIpc) is 2.66. The van der Waals surface area contributed by atoms with Crippen molar-refractivity contribution in [3.05, 3.63) is 11.9 Å². The summed E-state index contributed by atoms with van der Waals surface area (Å²) in [6, 6.07) is 1.52. The van der Waals surface area contributed by atoms with E-state index in [0.717, 1.165) is 11.7 Å². The maximum absolute atomic E-state index is 11.3. The van der Waals surface area contributed by atoms with Crippen LogP contribution in [-0.4, -0.2) is 20.7 Å². The zero-order valence-corrected chi connectivity index (χ0v) is 7.84. The Labute approximate surface area is 79.7 Å². The molecule has 0 saturated heterocycles. The predicted octanol–water partition coefficient (Wildman–Crippen LogP) is 0.570. The molecule has 0 radical (unpaired) electrons. The van der Waals surface area contributed by atoms with E-state index in [4.69, 9.17) is 5.26 Å². The van der Waals surface area contributed by atoms with Crippen molar-refractivity contribution in [2.45, 2.75) is 19.4 Å². The maximum atomic E-state index is 11.3. The molecule has 5 nitrogen and oxygen atoms in total. The van der Waals surface area contributed by atoms with Crippen molar-refractivity contribution in [3.8, 4) is 6.07 Å². The van der Waals surface area contributed by atoms with Crippen LogP contribution in [0.4, 0.5) is 0 Å². The van der Waals surface area contributed by atoms with Crippen LogP contribution >= 0.6 is 11.7 Å². The molecule has 0 aliphatic rings. The fraction of sp³-hybridized carbons (Fsp3) is 0.429. The molecule has 6 heteroatoms. The van der Waals surface area contributed by atoms with E-state index in [-0.39, 0.29) is 11.6 Å². The molecule has 0 bridgehead atoms. The van der Waals surface area contributed by atoms with E-state index in [1.807, 2.05) is 13.0 Å². The lowest BCUT2D eigenvalue weighted by atomic mass is 10.2. The molecule has 1 aromatic heterocycles. The summed E-state index contributed by atoms with van der Waals surface area (Å²) >= 11 is 0.966. The minimum absolute atomic E-state index is 0.263. The van der Waals surface area contributed by atoms with Gasteiger partial charge >= 0.3 is 0 Å². The fourth-order valence-electron chi connectivity index (χ4n) is 0.723. The number of hydrogen-bond donors (Lipinski definition) is 1. The second-order valence-corrected chi connectivity index (χ2v) is 2.91. The molecule has 1 heterocycles. The van der Waals surface area contributed by atoms with Crippen LogP contribution in [0.5, 0.6) is 0 Å². The lowest BCUT2D eigenvalue weighted by Gasteiger charge is -2.06. The number of aromatic nitrogens is 2. The molecule has 0 saturated carbocycles. The van der Waals surface area contributed by atoms with Gasteiger partial charge in [-0.25, -0.2) is 0 Å². The first kappa shape index (κ1) is 9.61. The minimum Gasteiger partial charge on any atom is -0.335 e. The number of amides is 1. The maximum Gasteiger partial charge on any atom is 0.273 e. The summed E-state index contributed by atoms with van der Waals surface area (Å²) in [7, 11) is 0. The van der Waals surface area contributed by atoms with Crippen molar-refractivity contribution >= 4 is 17.6 Å². The first-order chi connectivity index (χ1) is 6.27. The third-order valence-corrected chi connectivity index (χ3v) is 1.94. The smallest absolute Gasteiger partial charge is 0.273 e. The second kappa shape index (κ2) is 4.52. The van der Waals surface area contributed by atoms with Gasteiger partial charge in [-0.3, -0.25) is 4.79 Å². The van der Waals surface area contributed by atoms with Gasteiger partial charge in [-0.15, -0.1) is 0 Å². The summed E-state index contributed by atoms with van der Waals surface area (Å²) in [6.45, 7) is 1.83. The third kappa shape index (κ3) is 2.49. The molecule has 1 rings (SSSR count). The molecule has 13 heavy (non-hydrogen) atoms. The van der Waals surface area contributed by atoms with Gasteiger partial charge < -0.3 is 5.32 Å². The van der Waals surface area contributed by atoms with Gasteiger partial charge in [-0.2, -0.15) is 14.0 Å². The van der Waals surface area contributed by atoms with Gasteiger partial charge in [0, 0.05) is 0 Å². The summed E-state index contributed by atoms with van der Waals surface area (Å²) in [5.74, 6) is -0.345. The highest BCUT2D eigenvalue weighted by Crippen LogP contribution is 1.96. The normalized spacial score (nSPS) is 11.7. The number of hydrogen-bond acceptors (Lipinski definition) is 5. The Morgan fingerprint density at radius 2 is 2.69 bits per heavy atom. The summed E-state index contributed by atoms with van der Waals surface area (Å²) in [5, 5.41) is 11.1. The number of carbonyl (C=O) groups excluding carboxylic acids is 1. The van der Waals surface area contributed by atoms with E-state index in [0.29, 0.717) is 6.42 Å². The first-order valence-electron chi connectivity index (χ1n) is 3.76. The molecule has 1 aromatic rings. The summed E-state index contributed by atoms with van der Waals surface area (Å²) in [6.07, 6.45) is 1.96. The van der Waals surface area contributed by atoms with Crippen molar-refractivity contribution in [2.75, 3.05) is 0 Å². The van der Waals surface area contributed by atoms with E-state index in [9.17, 15) is 4.79 Å². The Bertz CT molecular complexity index is 316. The standard InChI is InChI=1S/C7H8N4OS/c1-2-5(3-8)10-7(12)6-4-9-13-11-6/h4-5H,2H2,1H3,(H,10,12). The highest BCUT2D eigenvalue weighted by atomic mass is 32.1. The number of nitrogens with one attached hydrogen (secondary N) is 1. The van der Waals surface area contributed by atoms with Gasteiger partial charge in [0.25, 0.3) is 5.91 Å².